The van der Waals surface area contributed by atoms with Gasteiger partial charge in [0.25, 0.3) is 0 Å². The quantitative estimate of drug-likeness (QED) is 0.593. The van der Waals surface area contributed by atoms with E-state index in [-0.39, 0.29) is 11.3 Å². The number of aliphatic imine (C=N–C) groups is 1. The van der Waals surface area contributed by atoms with Crippen molar-refractivity contribution in [3.8, 4) is 5.75 Å². The van der Waals surface area contributed by atoms with Crippen molar-refractivity contribution in [2.45, 2.75) is 13.3 Å². The van der Waals surface area contributed by atoms with E-state index < -0.39 is 5.63 Å². The summed E-state index contributed by atoms with van der Waals surface area (Å²) in [6.45, 7) is 2.44. The number of hydrogen-bond acceptors (Lipinski definition) is 6. The van der Waals surface area contributed by atoms with Crippen LogP contribution in [0.2, 0.25) is 0 Å². The summed E-state index contributed by atoms with van der Waals surface area (Å²) >= 11 is 1.59. The number of fused-ring (bicyclic) bond motifs is 1. The predicted octanol–water partition coefficient (Wildman–Crippen LogP) is 2.93. The fourth-order valence-electron chi connectivity index (χ4n) is 2.10. The smallest absolute Gasteiger partial charge is 0.348 e. The molecule has 0 amide bonds. The normalized spacial score (nSPS) is 11.5. The lowest BCUT2D eigenvalue weighted by Gasteiger charge is -2.02. The van der Waals surface area contributed by atoms with E-state index >= 15 is 0 Å². The van der Waals surface area contributed by atoms with Gasteiger partial charge in [-0.3, -0.25) is 4.99 Å². The van der Waals surface area contributed by atoms with E-state index in [0.29, 0.717) is 23.9 Å². The van der Waals surface area contributed by atoms with Crippen LogP contribution < -0.4 is 5.63 Å². The van der Waals surface area contributed by atoms with Crippen molar-refractivity contribution in [2.75, 3.05) is 6.54 Å². The second-order valence-electron chi connectivity index (χ2n) is 4.82. The monoisotopic (exact) mass is 314 g/mol. The lowest BCUT2D eigenvalue weighted by atomic mass is 10.1. The molecule has 2 aromatic heterocycles. The zero-order valence-electron chi connectivity index (χ0n) is 11.9. The van der Waals surface area contributed by atoms with Crippen LogP contribution in [-0.4, -0.2) is 22.8 Å². The molecule has 0 fully saturated rings. The molecule has 0 bridgehead atoms. The first-order valence-corrected chi connectivity index (χ1v) is 7.69. The summed E-state index contributed by atoms with van der Waals surface area (Å²) in [5.74, 6) is -0.0966. The molecule has 1 aromatic carbocycles. The van der Waals surface area contributed by atoms with Crippen molar-refractivity contribution >= 4 is 28.5 Å². The van der Waals surface area contributed by atoms with Crippen molar-refractivity contribution in [1.29, 1.82) is 0 Å². The minimum Gasteiger partial charge on any atom is -0.506 e. The number of rotatable bonds is 4. The predicted molar refractivity (Wildman–Crippen MR) is 87.2 cm³/mol. The van der Waals surface area contributed by atoms with Gasteiger partial charge in [-0.2, -0.15) is 0 Å². The van der Waals surface area contributed by atoms with Crippen molar-refractivity contribution in [2.24, 2.45) is 4.99 Å². The first-order valence-electron chi connectivity index (χ1n) is 6.81. The highest BCUT2D eigenvalue weighted by molar-refractivity contribution is 7.09. The molecular formula is C16H14N2O3S. The molecule has 5 nitrogen and oxygen atoms in total. The van der Waals surface area contributed by atoms with Crippen LogP contribution in [-0.2, 0) is 6.42 Å². The van der Waals surface area contributed by atoms with Gasteiger partial charge in [-0.1, -0.05) is 12.1 Å². The Labute approximate surface area is 130 Å². The largest absolute Gasteiger partial charge is 0.506 e. The maximum absolute atomic E-state index is 11.9. The summed E-state index contributed by atoms with van der Waals surface area (Å²) < 4.78 is 5.18. The van der Waals surface area contributed by atoms with E-state index in [1.165, 1.54) is 6.21 Å². The number of para-hydroxylation sites is 1. The van der Waals surface area contributed by atoms with Crippen molar-refractivity contribution in [1.82, 2.24) is 4.98 Å². The summed E-state index contributed by atoms with van der Waals surface area (Å²) in [4.78, 5) is 20.4. The highest BCUT2D eigenvalue weighted by atomic mass is 32.1. The summed E-state index contributed by atoms with van der Waals surface area (Å²) in [5, 5.41) is 13.7. The Morgan fingerprint density at radius 2 is 2.23 bits per heavy atom. The highest BCUT2D eigenvalue weighted by Crippen LogP contribution is 2.24. The molecule has 22 heavy (non-hydrogen) atoms. The molecule has 2 heterocycles. The number of thiazole rings is 1. The summed E-state index contributed by atoms with van der Waals surface area (Å²) in [7, 11) is 0. The Hall–Kier alpha value is -2.47. The summed E-state index contributed by atoms with van der Waals surface area (Å²) in [6.07, 6.45) is 2.07. The zero-order valence-corrected chi connectivity index (χ0v) is 12.8. The van der Waals surface area contributed by atoms with Crippen molar-refractivity contribution < 1.29 is 9.52 Å². The van der Waals surface area contributed by atoms with E-state index in [9.17, 15) is 9.90 Å². The molecule has 0 aliphatic rings. The molecule has 0 saturated carbocycles. The molecule has 1 N–H and O–H groups in total. The third-order valence-corrected chi connectivity index (χ3v) is 4.19. The number of hydrogen-bond donors (Lipinski definition) is 1. The Morgan fingerprint density at radius 3 is 3.00 bits per heavy atom. The van der Waals surface area contributed by atoms with Crippen LogP contribution in [0.4, 0.5) is 0 Å². The molecule has 3 rings (SSSR count). The molecule has 0 unspecified atom stereocenters. The fraction of sp³-hybridized carbons (Fsp3) is 0.188. The van der Waals surface area contributed by atoms with Gasteiger partial charge in [-0.15, -0.1) is 11.3 Å². The lowest BCUT2D eigenvalue weighted by Crippen LogP contribution is -2.07. The second-order valence-corrected chi connectivity index (χ2v) is 5.76. The number of benzene rings is 1. The number of aromatic hydroxyl groups is 1. The van der Waals surface area contributed by atoms with Gasteiger partial charge in [-0.05, 0) is 19.1 Å². The minimum atomic E-state index is -0.593. The molecule has 0 atom stereocenters. The van der Waals surface area contributed by atoms with E-state index in [0.717, 1.165) is 10.7 Å². The van der Waals surface area contributed by atoms with Crippen LogP contribution >= 0.6 is 11.3 Å². The highest BCUT2D eigenvalue weighted by Gasteiger charge is 2.11. The molecule has 0 spiro atoms. The molecule has 0 aliphatic carbocycles. The van der Waals surface area contributed by atoms with Gasteiger partial charge < -0.3 is 9.52 Å². The lowest BCUT2D eigenvalue weighted by molar-refractivity contribution is 0.466. The van der Waals surface area contributed by atoms with Crippen LogP contribution in [0.25, 0.3) is 11.0 Å². The Balaban J connectivity index is 1.81. The van der Waals surface area contributed by atoms with E-state index in [1.807, 2.05) is 12.3 Å². The first-order chi connectivity index (χ1) is 10.6. The van der Waals surface area contributed by atoms with Gasteiger partial charge in [0, 0.05) is 30.3 Å². The molecule has 0 radical (unpaired) electrons. The minimum absolute atomic E-state index is 0.0778. The van der Waals surface area contributed by atoms with E-state index in [4.69, 9.17) is 4.42 Å². The zero-order chi connectivity index (χ0) is 15.5. The summed E-state index contributed by atoms with van der Waals surface area (Å²) in [6, 6.07) is 6.85. The van der Waals surface area contributed by atoms with Crippen LogP contribution in [0.3, 0.4) is 0 Å². The molecule has 0 saturated heterocycles. The Morgan fingerprint density at radius 1 is 1.41 bits per heavy atom. The van der Waals surface area contributed by atoms with Gasteiger partial charge >= 0.3 is 5.63 Å². The Bertz CT molecular complexity index is 896. The van der Waals surface area contributed by atoms with Gasteiger partial charge in [-0.25, -0.2) is 9.78 Å². The first kappa shape index (κ1) is 14.5. The second kappa shape index (κ2) is 6.11. The fourth-order valence-corrected chi connectivity index (χ4v) is 2.86. The maximum atomic E-state index is 11.9. The van der Waals surface area contributed by atoms with Crippen LogP contribution in [0.5, 0.6) is 5.75 Å². The van der Waals surface area contributed by atoms with Crippen LogP contribution in [0.1, 0.15) is 16.3 Å². The molecule has 112 valence electrons. The average Bonchev–Trinajstić information content (AvgIpc) is 2.92. The third kappa shape index (κ3) is 2.92. The van der Waals surface area contributed by atoms with Gasteiger partial charge in [0.05, 0.1) is 10.4 Å². The standard InChI is InChI=1S/C16H14N2O3S/c1-10-9-22-14(18-10)6-7-17-8-12-15(19)11-4-2-3-5-13(11)21-16(12)20/h2-5,8-9,19H,6-7H2,1H3. The van der Waals surface area contributed by atoms with E-state index in [2.05, 4.69) is 9.98 Å². The van der Waals surface area contributed by atoms with E-state index in [1.54, 1.807) is 35.6 Å². The topological polar surface area (TPSA) is 75.7 Å². The molecular weight excluding hydrogens is 300 g/mol. The molecule has 0 aliphatic heterocycles. The van der Waals surface area contributed by atoms with Crippen molar-refractivity contribution in [3.05, 3.63) is 56.3 Å². The van der Waals surface area contributed by atoms with Gasteiger partial charge in [0.1, 0.15) is 16.9 Å². The van der Waals surface area contributed by atoms with Crippen LogP contribution in [0, 0.1) is 6.92 Å². The third-order valence-electron chi connectivity index (χ3n) is 3.16. The van der Waals surface area contributed by atoms with Crippen LogP contribution in [0.15, 0.2) is 43.8 Å². The molecule has 3 aromatic rings. The number of aryl methyl sites for hydroxylation is 1. The maximum Gasteiger partial charge on any atom is 0.348 e. The van der Waals surface area contributed by atoms with Gasteiger partial charge in [0.2, 0.25) is 0 Å². The average molecular weight is 314 g/mol. The Kier molecular flexibility index (Phi) is 4.02. The SMILES string of the molecule is Cc1csc(CCN=Cc2c(O)c3ccccc3oc2=O)n1. The van der Waals surface area contributed by atoms with Gasteiger partial charge in [0.15, 0.2) is 0 Å². The van der Waals surface area contributed by atoms with Crippen molar-refractivity contribution in [3.63, 3.8) is 0 Å². The number of aromatic nitrogens is 1. The number of nitrogens with zero attached hydrogens (tertiary/aromatic N) is 2. The molecule has 6 heteroatoms. The summed E-state index contributed by atoms with van der Waals surface area (Å²) in [5.41, 5.74) is 0.844.